The van der Waals surface area contributed by atoms with Crippen LogP contribution < -0.4 is 15.0 Å². The van der Waals surface area contributed by atoms with Crippen molar-refractivity contribution in [1.82, 2.24) is 0 Å². The van der Waals surface area contributed by atoms with E-state index in [0.717, 1.165) is 12.8 Å². The average molecular weight is 288 g/mol. The lowest BCUT2D eigenvalue weighted by molar-refractivity contribution is -0.118. The van der Waals surface area contributed by atoms with Gasteiger partial charge in [-0.2, -0.15) is 0 Å². The molecular formula is C15H16N2O4. The zero-order valence-corrected chi connectivity index (χ0v) is 11.5. The topological polar surface area (TPSA) is 67.9 Å². The Hall–Kier alpha value is -2.50. The van der Waals surface area contributed by atoms with Crippen molar-refractivity contribution in [3.63, 3.8) is 0 Å². The van der Waals surface area contributed by atoms with Crippen molar-refractivity contribution in [3.8, 4) is 5.75 Å². The molecule has 2 aliphatic rings. The van der Waals surface area contributed by atoms with Crippen LogP contribution in [0.5, 0.6) is 5.75 Å². The Bertz CT molecular complexity index is 599. The number of carbonyl (C=O) groups excluding carboxylic acids is 2. The van der Waals surface area contributed by atoms with E-state index < -0.39 is 0 Å². The molecule has 2 aliphatic heterocycles. The lowest BCUT2D eigenvalue weighted by Gasteiger charge is -2.20. The SMILES string of the molecule is C=CCCC1CN(c2ccc3c(c2)NC(=O)CO3)C(=O)O1. The number of anilines is 2. The second kappa shape index (κ2) is 5.47. The number of cyclic esters (lactones) is 1. The number of amides is 2. The average Bonchev–Trinajstić information content (AvgIpc) is 2.85. The van der Waals surface area contributed by atoms with Crippen molar-refractivity contribution in [2.75, 3.05) is 23.4 Å². The molecule has 1 unspecified atom stereocenters. The Balaban J connectivity index is 1.78. The molecule has 110 valence electrons. The fraction of sp³-hybridized carbons (Fsp3) is 0.333. The summed E-state index contributed by atoms with van der Waals surface area (Å²) in [6.45, 7) is 4.18. The Morgan fingerprint density at radius 1 is 1.43 bits per heavy atom. The number of nitrogens with one attached hydrogen (secondary N) is 1. The Kier molecular flexibility index (Phi) is 3.51. The molecule has 2 amide bonds. The van der Waals surface area contributed by atoms with Crippen molar-refractivity contribution in [2.45, 2.75) is 18.9 Å². The molecule has 1 aromatic carbocycles. The molecule has 0 saturated carbocycles. The van der Waals surface area contributed by atoms with Gasteiger partial charge in [0, 0.05) is 5.69 Å². The molecule has 0 aromatic heterocycles. The molecule has 2 heterocycles. The van der Waals surface area contributed by atoms with E-state index in [1.807, 2.05) is 6.08 Å². The highest BCUT2D eigenvalue weighted by atomic mass is 16.6. The van der Waals surface area contributed by atoms with Crippen LogP contribution in [0.25, 0.3) is 0 Å². The molecular weight excluding hydrogens is 272 g/mol. The molecule has 1 aromatic rings. The minimum Gasteiger partial charge on any atom is -0.482 e. The Morgan fingerprint density at radius 3 is 3.10 bits per heavy atom. The summed E-state index contributed by atoms with van der Waals surface area (Å²) in [5, 5.41) is 2.73. The molecule has 0 spiro atoms. The summed E-state index contributed by atoms with van der Waals surface area (Å²) in [6.07, 6.45) is 2.88. The fourth-order valence-electron chi connectivity index (χ4n) is 2.43. The molecule has 6 nitrogen and oxygen atoms in total. The van der Waals surface area contributed by atoms with E-state index in [0.29, 0.717) is 23.7 Å². The van der Waals surface area contributed by atoms with E-state index in [-0.39, 0.29) is 24.7 Å². The van der Waals surface area contributed by atoms with Crippen LogP contribution in [0.15, 0.2) is 30.9 Å². The van der Waals surface area contributed by atoms with Crippen molar-refractivity contribution in [3.05, 3.63) is 30.9 Å². The van der Waals surface area contributed by atoms with Gasteiger partial charge in [-0.25, -0.2) is 4.79 Å². The van der Waals surface area contributed by atoms with Crippen molar-refractivity contribution in [2.24, 2.45) is 0 Å². The van der Waals surface area contributed by atoms with Crippen molar-refractivity contribution >= 4 is 23.4 Å². The maximum absolute atomic E-state index is 11.9. The van der Waals surface area contributed by atoms with E-state index in [9.17, 15) is 9.59 Å². The highest BCUT2D eigenvalue weighted by Gasteiger charge is 2.32. The smallest absolute Gasteiger partial charge is 0.414 e. The first kappa shape index (κ1) is 13.5. The summed E-state index contributed by atoms with van der Waals surface area (Å²) in [6, 6.07) is 5.26. The zero-order chi connectivity index (χ0) is 14.8. The third-order valence-electron chi connectivity index (χ3n) is 3.47. The number of hydrogen-bond donors (Lipinski definition) is 1. The van der Waals surface area contributed by atoms with E-state index >= 15 is 0 Å². The van der Waals surface area contributed by atoms with Gasteiger partial charge in [-0.05, 0) is 31.0 Å². The number of rotatable bonds is 4. The number of benzene rings is 1. The third-order valence-corrected chi connectivity index (χ3v) is 3.47. The predicted molar refractivity (Wildman–Crippen MR) is 77.6 cm³/mol. The minimum absolute atomic E-state index is 0.0156. The van der Waals surface area contributed by atoms with Crippen LogP contribution >= 0.6 is 0 Å². The quantitative estimate of drug-likeness (QED) is 0.863. The normalized spacial score (nSPS) is 20.4. The summed E-state index contributed by atoms with van der Waals surface area (Å²) in [5.74, 6) is 0.404. The van der Waals surface area contributed by atoms with Gasteiger partial charge >= 0.3 is 6.09 Å². The Morgan fingerprint density at radius 2 is 2.29 bits per heavy atom. The van der Waals surface area contributed by atoms with Gasteiger partial charge < -0.3 is 14.8 Å². The van der Waals surface area contributed by atoms with Gasteiger partial charge in [0.05, 0.1) is 12.2 Å². The van der Waals surface area contributed by atoms with Gasteiger partial charge in [0.2, 0.25) is 0 Å². The van der Waals surface area contributed by atoms with Crippen molar-refractivity contribution in [1.29, 1.82) is 0 Å². The van der Waals surface area contributed by atoms with Gasteiger partial charge in [0.15, 0.2) is 6.61 Å². The molecule has 1 saturated heterocycles. The standard InChI is InChI=1S/C15H16N2O4/c1-2-3-4-11-8-17(15(19)21-11)10-5-6-13-12(7-10)16-14(18)9-20-13/h2,5-7,11H,1,3-4,8-9H2,(H,16,18). The molecule has 1 N–H and O–H groups in total. The second-order valence-corrected chi connectivity index (χ2v) is 5.00. The minimum atomic E-state index is -0.368. The Labute approximate surface area is 122 Å². The maximum atomic E-state index is 11.9. The number of hydrogen-bond acceptors (Lipinski definition) is 4. The van der Waals surface area contributed by atoms with Crippen LogP contribution in [0.2, 0.25) is 0 Å². The zero-order valence-electron chi connectivity index (χ0n) is 11.5. The summed E-state index contributed by atoms with van der Waals surface area (Å²) < 4.78 is 10.6. The molecule has 0 bridgehead atoms. The van der Waals surface area contributed by atoms with Gasteiger partial charge in [-0.1, -0.05) is 6.08 Å². The molecule has 0 aliphatic carbocycles. The number of allylic oxidation sites excluding steroid dienone is 1. The van der Waals surface area contributed by atoms with Crippen LogP contribution in [-0.2, 0) is 9.53 Å². The summed E-state index contributed by atoms with van der Waals surface area (Å²) >= 11 is 0. The van der Waals surface area contributed by atoms with Crippen molar-refractivity contribution < 1.29 is 19.1 Å². The largest absolute Gasteiger partial charge is 0.482 e. The summed E-state index contributed by atoms with van der Waals surface area (Å²) in [7, 11) is 0. The van der Waals surface area contributed by atoms with E-state index in [4.69, 9.17) is 9.47 Å². The van der Waals surface area contributed by atoms with E-state index in [1.165, 1.54) is 0 Å². The van der Waals surface area contributed by atoms with Crippen LogP contribution in [0.4, 0.5) is 16.2 Å². The molecule has 1 atom stereocenters. The molecule has 21 heavy (non-hydrogen) atoms. The maximum Gasteiger partial charge on any atom is 0.414 e. The van der Waals surface area contributed by atoms with Crippen LogP contribution in [0, 0.1) is 0 Å². The number of nitrogens with zero attached hydrogens (tertiary/aromatic N) is 1. The highest BCUT2D eigenvalue weighted by Crippen LogP contribution is 2.33. The van der Waals surface area contributed by atoms with Gasteiger partial charge in [0.1, 0.15) is 11.9 Å². The lowest BCUT2D eigenvalue weighted by Crippen LogP contribution is -2.27. The first-order chi connectivity index (χ1) is 10.2. The van der Waals surface area contributed by atoms with Gasteiger partial charge in [-0.3, -0.25) is 9.69 Å². The molecule has 1 fully saturated rings. The second-order valence-electron chi connectivity index (χ2n) is 5.00. The fourth-order valence-corrected chi connectivity index (χ4v) is 2.43. The first-order valence-corrected chi connectivity index (χ1v) is 6.83. The highest BCUT2D eigenvalue weighted by molar-refractivity contribution is 5.97. The lowest BCUT2D eigenvalue weighted by atomic mass is 10.2. The van der Waals surface area contributed by atoms with E-state index in [1.54, 1.807) is 23.1 Å². The van der Waals surface area contributed by atoms with Crippen LogP contribution in [0.1, 0.15) is 12.8 Å². The number of ether oxygens (including phenoxy) is 2. The molecule has 6 heteroatoms. The predicted octanol–water partition coefficient (Wildman–Crippen LogP) is 2.31. The summed E-state index contributed by atoms with van der Waals surface area (Å²) in [5.41, 5.74) is 1.26. The summed E-state index contributed by atoms with van der Waals surface area (Å²) in [4.78, 5) is 24.8. The van der Waals surface area contributed by atoms with Crippen LogP contribution in [0.3, 0.4) is 0 Å². The number of carbonyl (C=O) groups is 2. The third kappa shape index (κ3) is 2.69. The number of fused-ring (bicyclic) bond motifs is 1. The molecule has 3 rings (SSSR count). The monoisotopic (exact) mass is 288 g/mol. The van der Waals surface area contributed by atoms with Crippen LogP contribution in [-0.4, -0.2) is 31.3 Å². The van der Waals surface area contributed by atoms with Gasteiger partial charge in [0.25, 0.3) is 5.91 Å². The first-order valence-electron chi connectivity index (χ1n) is 6.83. The van der Waals surface area contributed by atoms with E-state index in [2.05, 4.69) is 11.9 Å². The molecule has 0 radical (unpaired) electrons. The van der Waals surface area contributed by atoms with Gasteiger partial charge in [-0.15, -0.1) is 6.58 Å².